The molecule has 0 unspecified atom stereocenters. The molecule has 0 saturated carbocycles. The maximum Gasteiger partial charge on any atom is 0.164 e. The molecule has 0 aromatic carbocycles. The fraction of sp³-hybridized carbons (Fsp3) is 0.625. The second kappa shape index (κ2) is 4.62. The summed E-state index contributed by atoms with van der Waals surface area (Å²) in [6.45, 7) is 1.55. The highest BCUT2D eigenvalue weighted by atomic mass is 79.9. The van der Waals surface area contributed by atoms with E-state index in [1.54, 1.807) is 11.8 Å². The second-order valence-electron chi connectivity index (χ2n) is 2.89. The van der Waals surface area contributed by atoms with Gasteiger partial charge in [-0.05, 0) is 15.9 Å². The van der Waals surface area contributed by atoms with Gasteiger partial charge in [-0.1, -0.05) is 0 Å². The van der Waals surface area contributed by atoms with Gasteiger partial charge in [-0.3, -0.25) is 4.68 Å². The summed E-state index contributed by atoms with van der Waals surface area (Å²) < 4.78 is 7.78. The average molecular weight is 248 g/mol. The Morgan fingerprint density at radius 1 is 1.69 bits per heavy atom. The van der Waals surface area contributed by atoms with Crippen molar-refractivity contribution in [3.8, 4) is 0 Å². The maximum absolute atomic E-state index is 4.99. The lowest BCUT2D eigenvalue weighted by atomic mass is 10.5. The molecule has 0 amide bonds. The minimum Gasteiger partial charge on any atom is -0.383 e. The van der Waals surface area contributed by atoms with Gasteiger partial charge >= 0.3 is 0 Å². The number of hydrogen-bond donors (Lipinski definition) is 0. The predicted molar refractivity (Wildman–Crippen MR) is 56.1 cm³/mol. The number of nitrogens with zero attached hydrogens (tertiary/aromatic N) is 3. The summed E-state index contributed by atoms with van der Waals surface area (Å²) in [7, 11) is 5.59. The third-order valence-corrected chi connectivity index (χ3v) is 2.32. The minimum absolute atomic E-state index is 0.708. The Morgan fingerprint density at radius 2 is 2.38 bits per heavy atom. The number of aromatic nitrogens is 2. The predicted octanol–water partition coefficient (Wildman–Crippen LogP) is 1.27. The Kier molecular flexibility index (Phi) is 3.74. The van der Waals surface area contributed by atoms with Gasteiger partial charge in [0, 0.05) is 33.9 Å². The quantitative estimate of drug-likeness (QED) is 0.803. The van der Waals surface area contributed by atoms with E-state index in [9.17, 15) is 0 Å². The van der Waals surface area contributed by atoms with E-state index in [0.29, 0.717) is 6.61 Å². The van der Waals surface area contributed by atoms with E-state index in [-0.39, 0.29) is 0 Å². The summed E-state index contributed by atoms with van der Waals surface area (Å²) >= 11 is 3.44. The Labute approximate surface area is 86.6 Å². The van der Waals surface area contributed by atoms with Crippen LogP contribution < -0.4 is 4.90 Å². The van der Waals surface area contributed by atoms with Crippen LogP contribution in [0.2, 0.25) is 0 Å². The van der Waals surface area contributed by atoms with Crippen LogP contribution in [0.15, 0.2) is 10.7 Å². The molecule has 1 aromatic heterocycles. The minimum atomic E-state index is 0.708. The topological polar surface area (TPSA) is 30.3 Å². The normalized spacial score (nSPS) is 10.5. The summed E-state index contributed by atoms with van der Waals surface area (Å²) in [5, 5.41) is 4.30. The summed E-state index contributed by atoms with van der Waals surface area (Å²) in [5.41, 5.74) is 0. The molecule has 1 aromatic rings. The molecule has 0 N–H and O–H groups in total. The molecule has 0 fully saturated rings. The lowest BCUT2D eigenvalue weighted by Crippen LogP contribution is -2.22. The van der Waals surface area contributed by atoms with Gasteiger partial charge in [-0.2, -0.15) is 5.10 Å². The summed E-state index contributed by atoms with van der Waals surface area (Å²) in [5.74, 6) is 0.944. The lowest BCUT2D eigenvalue weighted by Gasteiger charge is -2.15. The maximum atomic E-state index is 4.99. The Bertz CT molecular complexity index is 274. The van der Waals surface area contributed by atoms with Crippen LogP contribution in [-0.4, -0.2) is 37.1 Å². The van der Waals surface area contributed by atoms with Crippen LogP contribution in [0, 0.1) is 0 Å². The molecule has 13 heavy (non-hydrogen) atoms. The average Bonchev–Trinajstić information content (AvgIpc) is 2.41. The van der Waals surface area contributed by atoms with Gasteiger partial charge in [0.25, 0.3) is 0 Å². The highest BCUT2D eigenvalue weighted by Crippen LogP contribution is 2.22. The molecule has 0 spiro atoms. The van der Waals surface area contributed by atoms with Crippen molar-refractivity contribution in [2.24, 2.45) is 7.05 Å². The van der Waals surface area contributed by atoms with E-state index in [2.05, 4.69) is 21.0 Å². The molecule has 1 rings (SSSR count). The molecule has 0 aliphatic rings. The molecule has 74 valence electrons. The van der Waals surface area contributed by atoms with Crippen LogP contribution in [0.3, 0.4) is 0 Å². The number of anilines is 1. The van der Waals surface area contributed by atoms with Crippen LogP contribution >= 0.6 is 15.9 Å². The summed E-state index contributed by atoms with van der Waals surface area (Å²) in [6, 6.07) is 0. The molecular formula is C8H14BrN3O. The fourth-order valence-corrected chi connectivity index (χ4v) is 1.72. The van der Waals surface area contributed by atoms with Crippen molar-refractivity contribution in [3.63, 3.8) is 0 Å². The van der Waals surface area contributed by atoms with Crippen molar-refractivity contribution in [1.82, 2.24) is 9.78 Å². The SMILES string of the molecule is COCCN(C)c1nn(C)cc1Br. The molecule has 0 bridgehead atoms. The van der Waals surface area contributed by atoms with Gasteiger partial charge in [0.1, 0.15) is 0 Å². The molecule has 4 nitrogen and oxygen atoms in total. The Hall–Kier alpha value is -0.550. The second-order valence-corrected chi connectivity index (χ2v) is 3.74. The van der Waals surface area contributed by atoms with Crippen LogP contribution in [0.5, 0.6) is 0 Å². The van der Waals surface area contributed by atoms with Gasteiger partial charge in [0.2, 0.25) is 0 Å². The zero-order valence-corrected chi connectivity index (χ0v) is 9.71. The molecule has 1 heterocycles. The zero-order valence-electron chi connectivity index (χ0n) is 8.12. The Morgan fingerprint density at radius 3 is 2.85 bits per heavy atom. The molecular weight excluding hydrogens is 234 g/mol. The third kappa shape index (κ3) is 2.70. The van der Waals surface area contributed by atoms with E-state index < -0.39 is 0 Å². The smallest absolute Gasteiger partial charge is 0.164 e. The van der Waals surface area contributed by atoms with E-state index in [0.717, 1.165) is 16.8 Å². The lowest BCUT2D eigenvalue weighted by molar-refractivity contribution is 0.206. The number of likely N-dealkylation sites (N-methyl/N-ethyl adjacent to an activating group) is 1. The Balaban J connectivity index is 2.64. The van der Waals surface area contributed by atoms with Crippen molar-refractivity contribution in [2.75, 3.05) is 32.2 Å². The van der Waals surface area contributed by atoms with E-state index in [4.69, 9.17) is 4.74 Å². The van der Waals surface area contributed by atoms with Gasteiger partial charge in [0.15, 0.2) is 5.82 Å². The zero-order chi connectivity index (χ0) is 9.84. The standard InChI is InChI=1S/C8H14BrN3O/c1-11(4-5-13-3)8-7(9)6-12(2)10-8/h6H,4-5H2,1-3H3. The number of hydrogen-bond acceptors (Lipinski definition) is 3. The molecule has 0 aliphatic carbocycles. The first-order valence-electron chi connectivity index (χ1n) is 4.04. The molecule has 5 heteroatoms. The third-order valence-electron chi connectivity index (χ3n) is 1.76. The number of halogens is 1. The molecule has 0 radical (unpaired) electrons. The van der Waals surface area contributed by atoms with E-state index >= 15 is 0 Å². The first-order chi connectivity index (χ1) is 6.15. The van der Waals surface area contributed by atoms with Gasteiger partial charge in [-0.25, -0.2) is 0 Å². The first-order valence-corrected chi connectivity index (χ1v) is 4.83. The van der Waals surface area contributed by atoms with Crippen molar-refractivity contribution in [2.45, 2.75) is 0 Å². The summed E-state index contributed by atoms with van der Waals surface area (Å²) in [6.07, 6.45) is 1.93. The van der Waals surface area contributed by atoms with Crippen LogP contribution in [0.4, 0.5) is 5.82 Å². The molecule has 0 atom stereocenters. The van der Waals surface area contributed by atoms with Crippen LogP contribution in [0.1, 0.15) is 0 Å². The fourth-order valence-electron chi connectivity index (χ4n) is 1.04. The highest BCUT2D eigenvalue weighted by Gasteiger charge is 2.08. The van der Waals surface area contributed by atoms with Crippen molar-refractivity contribution < 1.29 is 4.74 Å². The van der Waals surface area contributed by atoms with Gasteiger partial charge in [0.05, 0.1) is 11.1 Å². The van der Waals surface area contributed by atoms with Crippen LogP contribution in [0.25, 0.3) is 0 Å². The number of rotatable bonds is 4. The van der Waals surface area contributed by atoms with Crippen molar-refractivity contribution >= 4 is 21.7 Å². The number of ether oxygens (including phenoxy) is 1. The monoisotopic (exact) mass is 247 g/mol. The van der Waals surface area contributed by atoms with E-state index in [1.165, 1.54) is 0 Å². The molecule has 0 saturated heterocycles. The van der Waals surface area contributed by atoms with Crippen molar-refractivity contribution in [3.05, 3.63) is 10.7 Å². The summed E-state index contributed by atoms with van der Waals surface area (Å²) in [4.78, 5) is 2.05. The largest absolute Gasteiger partial charge is 0.383 e. The van der Waals surface area contributed by atoms with Gasteiger partial charge in [-0.15, -0.1) is 0 Å². The van der Waals surface area contributed by atoms with Crippen LogP contribution in [-0.2, 0) is 11.8 Å². The molecule has 0 aliphatic heterocycles. The van der Waals surface area contributed by atoms with Gasteiger partial charge < -0.3 is 9.64 Å². The van der Waals surface area contributed by atoms with Crippen molar-refractivity contribution in [1.29, 1.82) is 0 Å². The number of aryl methyl sites for hydroxylation is 1. The first kappa shape index (κ1) is 10.5. The van der Waals surface area contributed by atoms with E-state index in [1.807, 2.05) is 25.2 Å². The number of methoxy groups -OCH3 is 1. The highest BCUT2D eigenvalue weighted by molar-refractivity contribution is 9.10.